The molecule has 1 aliphatic rings. The Morgan fingerprint density at radius 1 is 0.789 bits per heavy atom. The van der Waals surface area contributed by atoms with E-state index in [4.69, 9.17) is 0 Å². The second-order valence-electron chi connectivity index (χ2n) is 4.72. The molecule has 0 fully saturated rings. The molecule has 2 aromatic carbocycles. The molecule has 0 amide bonds. The predicted octanol–water partition coefficient (Wildman–Crippen LogP) is 5.30. The van der Waals surface area contributed by atoms with Gasteiger partial charge in [0.1, 0.15) is 0 Å². The van der Waals surface area contributed by atoms with Crippen molar-refractivity contribution in [3.05, 3.63) is 95.3 Å². The summed E-state index contributed by atoms with van der Waals surface area (Å²) in [5, 5.41) is 1.55. The molecular weight excluding hydrogens is 247 g/mol. The molecule has 0 saturated heterocycles. The lowest BCUT2D eigenvalue weighted by atomic mass is 10.0. The number of rotatable bonds is 4. The normalized spacial score (nSPS) is 14.5. The van der Waals surface area contributed by atoms with E-state index in [-0.39, 0.29) is 0 Å². The maximum absolute atomic E-state index is 2.28. The van der Waals surface area contributed by atoms with Crippen molar-refractivity contribution < 1.29 is 0 Å². The zero-order valence-corrected chi connectivity index (χ0v) is 11.8. The summed E-state index contributed by atoms with van der Waals surface area (Å²) in [6.45, 7) is 0. The SMILES string of the molecule is C1=CCC(PC(c2ccccc2)c2ccccc2)=C1. The quantitative estimate of drug-likeness (QED) is 0.657. The van der Waals surface area contributed by atoms with Gasteiger partial charge in [0.15, 0.2) is 0 Å². The zero-order valence-electron chi connectivity index (χ0n) is 10.8. The van der Waals surface area contributed by atoms with Crippen LogP contribution in [0.25, 0.3) is 0 Å². The van der Waals surface area contributed by atoms with Gasteiger partial charge in [0.25, 0.3) is 0 Å². The summed E-state index contributed by atoms with van der Waals surface area (Å²) in [7, 11) is 0.830. The molecule has 1 aliphatic carbocycles. The van der Waals surface area contributed by atoms with Gasteiger partial charge in [-0.3, -0.25) is 0 Å². The summed E-state index contributed by atoms with van der Waals surface area (Å²) in [6.07, 6.45) is 7.82. The van der Waals surface area contributed by atoms with Crippen molar-refractivity contribution in [2.24, 2.45) is 0 Å². The standard InChI is InChI=1S/C18H17P/c1-3-9-15(10-4-1)18(16-11-5-2-6-12-16)19-17-13-7-8-14-17/h1-13,18-19H,14H2. The van der Waals surface area contributed by atoms with Crippen LogP contribution in [0.2, 0.25) is 0 Å². The molecule has 1 heteroatoms. The van der Waals surface area contributed by atoms with Crippen LogP contribution in [-0.2, 0) is 0 Å². The summed E-state index contributed by atoms with van der Waals surface area (Å²) >= 11 is 0. The van der Waals surface area contributed by atoms with Crippen molar-refractivity contribution in [3.8, 4) is 0 Å². The Kier molecular flexibility index (Phi) is 3.91. The second-order valence-corrected chi connectivity index (χ2v) is 6.23. The summed E-state index contributed by atoms with van der Waals surface area (Å²) in [4.78, 5) is 0. The van der Waals surface area contributed by atoms with Crippen molar-refractivity contribution in [3.63, 3.8) is 0 Å². The summed E-state index contributed by atoms with van der Waals surface area (Å²) in [5.41, 5.74) is 3.33. The van der Waals surface area contributed by atoms with Crippen LogP contribution in [-0.4, -0.2) is 0 Å². The first-order valence-electron chi connectivity index (χ1n) is 6.65. The number of benzene rings is 2. The molecule has 0 bridgehead atoms. The minimum Gasteiger partial charge on any atom is -0.0822 e. The fourth-order valence-electron chi connectivity index (χ4n) is 2.39. The fraction of sp³-hybridized carbons (Fsp3) is 0.111. The number of hydrogen-bond donors (Lipinski definition) is 0. The molecule has 0 aromatic heterocycles. The lowest BCUT2D eigenvalue weighted by Gasteiger charge is -2.19. The largest absolute Gasteiger partial charge is 0.0822 e. The Morgan fingerprint density at radius 3 is 1.84 bits per heavy atom. The van der Waals surface area contributed by atoms with Gasteiger partial charge >= 0.3 is 0 Å². The smallest absolute Gasteiger partial charge is 0.0301 e. The highest BCUT2D eigenvalue weighted by Crippen LogP contribution is 2.47. The lowest BCUT2D eigenvalue weighted by molar-refractivity contribution is 1.14. The van der Waals surface area contributed by atoms with E-state index in [0.29, 0.717) is 5.66 Å². The molecule has 2 aromatic rings. The highest BCUT2D eigenvalue weighted by molar-refractivity contribution is 7.43. The first-order chi connectivity index (χ1) is 9.43. The molecule has 0 aliphatic heterocycles. The van der Waals surface area contributed by atoms with Crippen LogP contribution in [0, 0.1) is 0 Å². The van der Waals surface area contributed by atoms with Crippen molar-refractivity contribution in [1.29, 1.82) is 0 Å². The Bertz CT molecular complexity index is 542. The Morgan fingerprint density at radius 2 is 1.37 bits per heavy atom. The molecule has 0 spiro atoms. The molecule has 0 saturated carbocycles. The van der Waals surface area contributed by atoms with Crippen molar-refractivity contribution in [2.45, 2.75) is 12.1 Å². The van der Waals surface area contributed by atoms with Crippen LogP contribution < -0.4 is 0 Å². The third-order valence-electron chi connectivity index (χ3n) is 3.37. The maximum Gasteiger partial charge on any atom is 0.0301 e. The van der Waals surface area contributed by atoms with Gasteiger partial charge in [-0.05, 0) is 22.9 Å². The third-order valence-corrected chi connectivity index (χ3v) is 5.06. The van der Waals surface area contributed by atoms with Crippen molar-refractivity contribution >= 4 is 8.58 Å². The average Bonchev–Trinajstić information content (AvgIpc) is 3.00. The minimum absolute atomic E-state index is 0.494. The van der Waals surface area contributed by atoms with E-state index in [0.717, 1.165) is 15.0 Å². The van der Waals surface area contributed by atoms with E-state index in [9.17, 15) is 0 Å². The van der Waals surface area contributed by atoms with Gasteiger partial charge in [-0.15, -0.1) is 0 Å². The molecule has 94 valence electrons. The zero-order chi connectivity index (χ0) is 12.9. The Labute approximate surface area is 116 Å². The molecule has 0 nitrogen and oxygen atoms in total. The van der Waals surface area contributed by atoms with Gasteiger partial charge in [0.05, 0.1) is 0 Å². The number of hydrogen-bond acceptors (Lipinski definition) is 0. The van der Waals surface area contributed by atoms with Crippen molar-refractivity contribution in [2.75, 3.05) is 0 Å². The second kappa shape index (κ2) is 5.99. The molecule has 0 N–H and O–H groups in total. The molecule has 3 rings (SSSR count). The summed E-state index contributed by atoms with van der Waals surface area (Å²) < 4.78 is 0. The van der Waals surface area contributed by atoms with Crippen LogP contribution >= 0.6 is 8.58 Å². The van der Waals surface area contributed by atoms with Crippen LogP contribution in [0.5, 0.6) is 0 Å². The first-order valence-corrected chi connectivity index (χ1v) is 7.73. The molecule has 0 radical (unpaired) electrons. The van der Waals surface area contributed by atoms with E-state index >= 15 is 0 Å². The first kappa shape index (κ1) is 12.4. The summed E-state index contributed by atoms with van der Waals surface area (Å²) in [5.74, 6) is 0. The molecular formula is C18H17P. The molecule has 19 heavy (non-hydrogen) atoms. The van der Waals surface area contributed by atoms with E-state index in [1.54, 1.807) is 5.31 Å². The van der Waals surface area contributed by atoms with Crippen LogP contribution in [0.3, 0.4) is 0 Å². The molecule has 1 atom stereocenters. The van der Waals surface area contributed by atoms with E-state index < -0.39 is 0 Å². The van der Waals surface area contributed by atoms with Gasteiger partial charge in [0, 0.05) is 5.66 Å². The highest BCUT2D eigenvalue weighted by atomic mass is 31.1. The number of allylic oxidation sites excluding steroid dienone is 4. The van der Waals surface area contributed by atoms with E-state index in [1.807, 2.05) is 0 Å². The topological polar surface area (TPSA) is 0 Å². The van der Waals surface area contributed by atoms with Crippen LogP contribution in [0.1, 0.15) is 23.2 Å². The fourth-order valence-corrected chi connectivity index (χ4v) is 3.91. The van der Waals surface area contributed by atoms with Gasteiger partial charge in [-0.25, -0.2) is 0 Å². The Hall–Kier alpha value is -1.65. The monoisotopic (exact) mass is 264 g/mol. The predicted molar refractivity (Wildman–Crippen MR) is 84.9 cm³/mol. The molecule has 0 heterocycles. The van der Waals surface area contributed by atoms with Crippen LogP contribution in [0.4, 0.5) is 0 Å². The van der Waals surface area contributed by atoms with Gasteiger partial charge in [-0.1, -0.05) is 87.5 Å². The van der Waals surface area contributed by atoms with Gasteiger partial charge in [-0.2, -0.15) is 0 Å². The van der Waals surface area contributed by atoms with E-state index in [2.05, 4.69) is 78.9 Å². The lowest BCUT2D eigenvalue weighted by Crippen LogP contribution is -1.95. The van der Waals surface area contributed by atoms with Crippen LogP contribution in [0.15, 0.2) is 84.2 Å². The minimum atomic E-state index is 0.494. The highest BCUT2D eigenvalue weighted by Gasteiger charge is 2.15. The average molecular weight is 264 g/mol. The van der Waals surface area contributed by atoms with E-state index in [1.165, 1.54) is 11.1 Å². The van der Waals surface area contributed by atoms with Gasteiger partial charge < -0.3 is 0 Å². The Balaban J connectivity index is 1.92. The third kappa shape index (κ3) is 3.03. The van der Waals surface area contributed by atoms with Crippen molar-refractivity contribution in [1.82, 2.24) is 0 Å². The molecule has 1 unspecified atom stereocenters. The summed E-state index contributed by atoms with van der Waals surface area (Å²) in [6, 6.07) is 21.7. The maximum atomic E-state index is 2.28. The van der Waals surface area contributed by atoms with Gasteiger partial charge in [0.2, 0.25) is 0 Å².